The van der Waals surface area contributed by atoms with E-state index in [9.17, 15) is 4.79 Å². The average Bonchev–Trinajstić information content (AvgIpc) is 3.40. The van der Waals surface area contributed by atoms with Crippen LogP contribution in [0.2, 0.25) is 0 Å². The van der Waals surface area contributed by atoms with Gasteiger partial charge in [0.15, 0.2) is 17.3 Å². The number of nitrogens with one attached hydrogen (secondary N) is 4. The van der Waals surface area contributed by atoms with E-state index in [4.69, 9.17) is 5.11 Å². The van der Waals surface area contributed by atoms with Gasteiger partial charge in [-0.1, -0.05) is 12.1 Å². The molecule has 0 spiro atoms. The molecule has 1 aromatic carbocycles. The Labute approximate surface area is 149 Å². The number of aromatic nitrogens is 8. The number of anilines is 2. The predicted molar refractivity (Wildman–Crippen MR) is 95.6 cm³/mol. The summed E-state index contributed by atoms with van der Waals surface area (Å²) in [5.41, 5.74) is 2.78. The largest absolute Gasteiger partial charge is 0.476 e. The van der Waals surface area contributed by atoms with Gasteiger partial charge in [-0.05, 0) is 6.07 Å². The fourth-order valence-corrected chi connectivity index (χ4v) is 2.76. The lowest BCUT2D eigenvalue weighted by Gasteiger charge is -2.07. The van der Waals surface area contributed by atoms with Crippen LogP contribution in [0.4, 0.5) is 11.6 Å². The molecule has 0 saturated carbocycles. The summed E-state index contributed by atoms with van der Waals surface area (Å²) in [5, 5.41) is 33.1. The molecule has 0 fully saturated rings. The molecular weight excluding hydrogens is 350 g/mol. The summed E-state index contributed by atoms with van der Waals surface area (Å²) in [7, 11) is 0. The van der Waals surface area contributed by atoms with Crippen molar-refractivity contribution in [3.63, 3.8) is 0 Å². The number of rotatable bonds is 4. The molecule has 0 unspecified atom stereocenters. The summed E-state index contributed by atoms with van der Waals surface area (Å²) in [4.78, 5) is 20.1. The van der Waals surface area contributed by atoms with Crippen LogP contribution in [0.5, 0.6) is 0 Å². The van der Waals surface area contributed by atoms with E-state index in [-0.39, 0.29) is 5.69 Å². The Kier molecular flexibility index (Phi) is 3.13. The van der Waals surface area contributed by atoms with Gasteiger partial charge in [0.1, 0.15) is 16.9 Å². The van der Waals surface area contributed by atoms with Crippen molar-refractivity contribution in [2.75, 3.05) is 5.32 Å². The number of aromatic amines is 3. The molecule has 27 heavy (non-hydrogen) atoms. The number of carboxylic acid groups (broad SMARTS) is 1. The van der Waals surface area contributed by atoms with Gasteiger partial charge in [0.2, 0.25) is 0 Å². The van der Waals surface area contributed by atoms with Gasteiger partial charge < -0.3 is 10.4 Å². The van der Waals surface area contributed by atoms with Gasteiger partial charge in [0, 0.05) is 17.0 Å². The van der Waals surface area contributed by atoms with Crippen molar-refractivity contribution >= 4 is 39.5 Å². The van der Waals surface area contributed by atoms with Crippen molar-refractivity contribution in [1.82, 2.24) is 40.6 Å². The minimum Gasteiger partial charge on any atom is -0.476 e. The fraction of sp³-hybridized carbons (Fsp3) is 0. The van der Waals surface area contributed by atoms with E-state index in [2.05, 4.69) is 45.9 Å². The summed E-state index contributed by atoms with van der Waals surface area (Å²) in [6.45, 7) is 0. The zero-order valence-electron chi connectivity index (χ0n) is 13.6. The van der Waals surface area contributed by atoms with Gasteiger partial charge in [-0.25, -0.2) is 14.8 Å². The third-order valence-electron chi connectivity index (χ3n) is 4.05. The zero-order valence-corrected chi connectivity index (χ0v) is 13.6. The lowest BCUT2D eigenvalue weighted by Crippen LogP contribution is -1.99. The summed E-state index contributed by atoms with van der Waals surface area (Å²) >= 11 is 0. The Hall–Kier alpha value is -4.28. The van der Waals surface area contributed by atoms with E-state index in [1.807, 2.05) is 18.2 Å². The normalized spacial score (nSPS) is 11.3. The van der Waals surface area contributed by atoms with E-state index in [0.717, 1.165) is 16.5 Å². The standard InChI is InChI=1S/C16H11N9O2/c26-16(27)10-4-12(24-23-10)20-15-13-11(6-18-25-13)19-14(21-15)7-1-2-8-5-17-22-9(8)3-7/h1-6H,(H,17,22)(H,18,25)(H,26,27)(H2,19,20,21,23,24). The smallest absolute Gasteiger partial charge is 0.356 e. The molecular formula is C16H11N9O2. The van der Waals surface area contributed by atoms with E-state index in [1.165, 1.54) is 6.07 Å². The summed E-state index contributed by atoms with van der Waals surface area (Å²) < 4.78 is 0. The molecule has 0 amide bonds. The van der Waals surface area contributed by atoms with Gasteiger partial charge in [-0.2, -0.15) is 15.3 Å². The van der Waals surface area contributed by atoms with Crippen LogP contribution in [0.3, 0.4) is 0 Å². The number of carboxylic acids is 1. The molecule has 0 aliphatic heterocycles. The minimum atomic E-state index is -1.12. The Bertz CT molecular complexity index is 1300. The first-order valence-corrected chi connectivity index (χ1v) is 7.88. The van der Waals surface area contributed by atoms with Gasteiger partial charge in [0.25, 0.3) is 0 Å². The second kappa shape index (κ2) is 5.62. The maximum Gasteiger partial charge on any atom is 0.356 e. The van der Waals surface area contributed by atoms with Crippen LogP contribution in [-0.4, -0.2) is 51.6 Å². The minimum absolute atomic E-state index is 0.0997. The lowest BCUT2D eigenvalue weighted by molar-refractivity contribution is 0.0690. The van der Waals surface area contributed by atoms with Crippen molar-refractivity contribution in [1.29, 1.82) is 0 Å². The van der Waals surface area contributed by atoms with Crippen LogP contribution in [-0.2, 0) is 0 Å². The molecule has 0 saturated heterocycles. The molecule has 132 valence electrons. The molecule has 0 bridgehead atoms. The molecule has 0 aliphatic rings. The highest BCUT2D eigenvalue weighted by molar-refractivity contribution is 5.90. The molecule has 4 heterocycles. The van der Waals surface area contributed by atoms with Crippen molar-refractivity contribution in [2.24, 2.45) is 0 Å². The summed E-state index contributed by atoms with van der Waals surface area (Å²) in [5.74, 6) is 0.192. The van der Waals surface area contributed by atoms with E-state index < -0.39 is 5.97 Å². The number of aromatic carboxylic acids is 1. The van der Waals surface area contributed by atoms with E-state index in [0.29, 0.717) is 28.5 Å². The van der Waals surface area contributed by atoms with Crippen molar-refractivity contribution < 1.29 is 9.90 Å². The van der Waals surface area contributed by atoms with E-state index >= 15 is 0 Å². The first kappa shape index (κ1) is 15.0. The quantitative estimate of drug-likeness (QED) is 0.325. The molecule has 0 atom stereocenters. The van der Waals surface area contributed by atoms with Gasteiger partial charge in [-0.15, -0.1) is 0 Å². The topological polar surface area (TPSA) is 161 Å². The molecule has 5 aromatic rings. The Morgan fingerprint density at radius 2 is 1.93 bits per heavy atom. The predicted octanol–water partition coefficient (Wildman–Crippen LogP) is 2.06. The third-order valence-corrected chi connectivity index (χ3v) is 4.05. The summed E-state index contributed by atoms with van der Waals surface area (Å²) in [6, 6.07) is 7.12. The number of H-pyrrole nitrogens is 3. The highest BCUT2D eigenvalue weighted by Gasteiger charge is 2.14. The van der Waals surface area contributed by atoms with E-state index in [1.54, 1.807) is 12.4 Å². The number of benzene rings is 1. The highest BCUT2D eigenvalue weighted by Crippen LogP contribution is 2.27. The number of hydrogen-bond acceptors (Lipinski definition) is 7. The molecule has 0 radical (unpaired) electrons. The Morgan fingerprint density at radius 1 is 1.04 bits per heavy atom. The zero-order chi connectivity index (χ0) is 18.4. The second-order valence-corrected chi connectivity index (χ2v) is 5.80. The molecule has 4 aromatic heterocycles. The lowest BCUT2D eigenvalue weighted by atomic mass is 10.1. The van der Waals surface area contributed by atoms with Crippen LogP contribution in [0.1, 0.15) is 10.5 Å². The second-order valence-electron chi connectivity index (χ2n) is 5.80. The highest BCUT2D eigenvalue weighted by atomic mass is 16.4. The van der Waals surface area contributed by atoms with Crippen LogP contribution >= 0.6 is 0 Å². The molecule has 0 aliphatic carbocycles. The fourth-order valence-electron chi connectivity index (χ4n) is 2.76. The number of hydrogen-bond donors (Lipinski definition) is 5. The van der Waals surface area contributed by atoms with Crippen LogP contribution in [0, 0.1) is 0 Å². The van der Waals surface area contributed by atoms with Crippen LogP contribution in [0.15, 0.2) is 36.7 Å². The van der Waals surface area contributed by atoms with Gasteiger partial charge >= 0.3 is 5.97 Å². The Balaban J connectivity index is 1.60. The molecule has 11 heteroatoms. The third kappa shape index (κ3) is 2.54. The maximum atomic E-state index is 11.0. The monoisotopic (exact) mass is 361 g/mol. The summed E-state index contributed by atoms with van der Waals surface area (Å²) in [6.07, 6.45) is 3.33. The van der Waals surface area contributed by atoms with Crippen molar-refractivity contribution in [2.45, 2.75) is 0 Å². The molecule has 5 N–H and O–H groups in total. The number of nitrogens with zero attached hydrogens (tertiary/aromatic N) is 5. The SMILES string of the molecule is O=C(O)c1cc(Nc2nc(-c3ccc4cn[nH]c4c3)nc3cn[nH]c23)[nH]n1. The first-order chi connectivity index (χ1) is 13.2. The van der Waals surface area contributed by atoms with Crippen LogP contribution < -0.4 is 5.32 Å². The molecule has 11 nitrogen and oxygen atoms in total. The van der Waals surface area contributed by atoms with Crippen molar-refractivity contribution in [3.8, 4) is 11.4 Å². The van der Waals surface area contributed by atoms with Crippen LogP contribution in [0.25, 0.3) is 33.3 Å². The van der Waals surface area contributed by atoms with Gasteiger partial charge in [0.05, 0.1) is 17.9 Å². The first-order valence-electron chi connectivity index (χ1n) is 7.88. The van der Waals surface area contributed by atoms with Gasteiger partial charge in [-0.3, -0.25) is 15.3 Å². The number of carbonyl (C=O) groups is 1. The maximum absolute atomic E-state index is 11.0. The average molecular weight is 361 g/mol. The van der Waals surface area contributed by atoms with Crippen molar-refractivity contribution in [3.05, 3.63) is 42.4 Å². The number of fused-ring (bicyclic) bond motifs is 2. The molecule has 5 rings (SSSR count). The Morgan fingerprint density at radius 3 is 2.78 bits per heavy atom.